The highest BCUT2D eigenvalue weighted by atomic mass is 16.5. The molecule has 124 valence electrons. The van der Waals surface area contributed by atoms with Gasteiger partial charge in [0.2, 0.25) is 11.8 Å². The van der Waals surface area contributed by atoms with Crippen LogP contribution in [0.2, 0.25) is 0 Å². The number of H-pyrrole nitrogens is 2. The monoisotopic (exact) mass is 326 g/mol. The number of carbonyl (C=O) groups excluding carboxylic acids is 1. The smallest absolute Gasteiger partial charge is 0.243 e. The topological polar surface area (TPSA) is 109 Å². The zero-order valence-corrected chi connectivity index (χ0v) is 13.5. The van der Waals surface area contributed by atoms with Crippen molar-refractivity contribution in [2.24, 2.45) is 5.92 Å². The molecule has 0 bridgehead atoms. The van der Waals surface area contributed by atoms with E-state index in [1.54, 1.807) is 6.33 Å². The van der Waals surface area contributed by atoms with Gasteiger partial charge in [0.1, 0.15) is 11.8 Å². The minimum Gasteiger partial charge on any atom is -0.473 e. The number of aryl methyl sites for hydroxylation is 1. The number of aromatic amines is 2. The van der Waals surface area contributed by atoms with Crippen LogP contribution in [0.1, 0.15) is 19.0 Å². The first-order chi connectivity index (χ1) is 11.6. The van der Waals surface area contributed by atoms with E-state index >= 15 is 0 Å². The number of imidazole rings is 1. The van der Waals surface area contributed by atoms with Gasteiger partial charge in [0.15, 0.2) is 5.52 Å². The summed E-state index contributed by atoms with van der Waals surface area (Å²) in [6, 6.07) is 3.83. The van der Waals surface area contributed by atoms with Crippen LogP contribution in [0.3, 0.4) is 0 Å². The average Bonchev–Trinajstić information content (AvgIpc) is 3.27. The van der Waals surface area contributed by atoms with Gasteiger partial charge in [-0.3, -0.25) is 9.89 Å². The molecule has 1 saturated heterocycles. The van der Waals surface area contributed by atoms with Crippen LogP contribution in [0.15, 0.2) is 18.5 Å². The van der Waals surface area contributed by atoms with Crippen LogP contribution in [0.4, 0.5) is 0 Å². The number of rotatable bonds is 4. The Labute approximate surface area is 138 Å². The summed E-state index contributed by atoms with van der Waals surface area (Å²) in [6.45, 7) is 4.52. The Morgan fingerprint density at radius 2 is 2.21 bits per heavy atom. The summed E-state index contributed by atoms with van der Waals surface area (Å²) in [4.78, 5) is 23.4. The van der Waals surface area contributed by atoms with Crippen molar-refractivity contribution in [3.05, 3.63) is 24.2 Å². The third-order valence-corrected chi connectivity index (χ3v) is 4.31. The third kappa shape index (κ3) is 2.60. The number of aromatic nitrogens is 5. The minimum absolute atomic E-state index is 0.0640. The number of pyridine rings is 1. The molecular weight excluding hydrogens is 308 g/mol. The first-order valence-electron chi connectivity index (χ1n) is 7.90. The molecule has 1 aliphatic rings. The van der Waals surface area contributed by atoms with Crippen molar-refractivity contribution in [1.82, 2.24) is 30.5 Å². The van der Waals surface area contributed by atoms with E-state index in [-0.39, 0.29) is 17.9 Å². The summed E-state index contributed by atoms with van der Waals surface area (Å²) < 4.78 is 6.06. The van der Waals surface area contributed by atoms with E-state index < -0.39 is 0 Å². The molecule has 4 rings (SSSR count). The highest BCUT2D eigenvalue weighted by Crippen LogP contribution is 2.28. The van der Waals surface area contributed by atoms with Gasteiger partial charge in [-0.05, 0) is 26.0 Å². The largest absolute Gasteiger partial charge is 0.473 e. The van der Waals surface area contributed by atoms with E-state index in [1.165, 1.54) is 0 Å². The highest BCUT2D eigenvalue weighted by molar-refractivity contribution is 5.83. The number of fused-ring (bicyclic) bond motifs is 1. The molecule has 0 spiro atoms. The van der Waals surface area contributed by atoms with Crippen LogP contribution in [0.5, 0.6) is 5.88 Å². The van der Waals surface area contributed by atoms with Gasteiger partial charge in [-0.25, -0.2) is 9.97 Å². The van der Waals surface area contributed by atoms with E-state index in [4.69, 9.17) is 4.74 Å². The number of ether oxygens (including phenoxy) is 1. The summed E-state index contributed by atoms with van der Waals surface area (Å²) in [7, 11) is 0. The Morgan fingerprint density at radius 3 is 2.92 bits per heavy atom. The lowest BCUT2D eigenvalue weighted by Gasteiger charge is -2.19. The van der Waals surface area contributed by atoms with Crippen molar-refractivity contribution in [3.63, 3.8) is 0 Å². The normalized spacial score (nSPS) is 18.8. The zero-order valence-electron chi connectivity index (χ0n) is 13.5. The fraction of sp³-hybridized carbons (Fsp3) is 0.375. The van der Waals surface area contributed by atoms with E-state index in [1.807, 2.05) is 26.0 Å². The van der Waals surface area contributed by atoms with Crippen molar-refractivity contribution in [2.45, 2.75) is 26.4 Å². The lowest BCUT2D eigenvalue weighted by Crippen LogP contribution is -2.26. The second-order valence-corrected chi connectivity index (χ2v) is 6.14. The van der Waals surface area contributed by atoms with Crippen molar-refractivity contribution < 1.29 is 9.53 Å². The first kappa shape index (κ1) is 14.7. The molecule has 1 amide bonds. The quantitative estimate of drug-likeness (QED) is 0.674. The van der Waals surface area contributed by atoms with Crippen LogP contribution in [0.25, 0.3) is 22.4 Å². The molecule has 8 heteroatoms. The summed E-state index contributed by atoms with van der Waals surface area (Å²) >= 11 is 0. The Hall–Kier alpha value is -2.90. The van der Waals surface area contributed by atoms with Gasteiger partial charge < -0.3 is 15.0 Å². The maximum Gasteiger partial charge on any atom is 0.243 e. The highest BCUT2D eigenvalue weighted by Gasteiger charge is 2.29. The number of carbonyl (C=O) groups is 1. The minimum atomic E-state index is -0.146. The van der Waals surface area contributed by atoms with Crippen molar-refractivity contribution in [3.8, 4) is 17.3 Å². The summed E-state index contributed by atoms with van der Waals surface area (Å²) in [6.07, 6.45) is 1.94. The van der Waals surface area contributed by atoms with Gasteiger partial charge in [0.05, 0.1) is 17.5 Å². The lowest BCUT2D eigenvalue weighted by molar-refractivity contribution is -0.119. The molecule has 0 saturated carbocycles. The van der Waals surface area contributed by atoms with Gasteiger partial charge in [-0.1, -0.05) is 0 Å². The lowest BCUT2D eigenvalue weighted by atomic mass is 10.0. The molecule has 24 heavy (non-hydrogen) atoms. The molecule has 0 radical (unpaired) electrons. The van der Waals surface area contributed by atoms with Crippen LogP contribution >= 0.6 is 0 Å². The average molecular weight is 326 g/mol. The molecule has 0 unspecified atom stereocenters. The standard InChI is InChI=1S/C16H18N6O2/c1-8-3-12(22-21-8)11-5-13-15(19-7-18-13)16(20-11)24-9(2)10-4-14(23)17-6-10/h3,5,7,9-10H,4,6H2,1-2H3,(H,17,23)(H,18,19)(H,21,22)/t9-,10-/m1/s1. The van der Waals surface area contributed by atoms with Gasteiger partial charge >= 0.3 is 0 Å². The van der Waals surface area contributed by atoms with Crippen molar-refractivity contribution >= 4 is 16.9 Å². The Morgan fingerprint density at radius 1 is 1.33 bits per heavy atom. The molecule has 0 aromatic carbocycles. The molecular formula is C16H18N6O2. The number of hydrogen-bond donors (Lipinski definition) is 3. The van der Waals surface area contributed by atoms with E-state index in [9.17, 15) is 4.79 Å². The summed E-state index contributed by atoms with van der Waals surface area (Å²) in [5, 5.41) is 10.0. The molecule has 3 aromatic rings. The molecule has 1 fully saturated rings. The molecule has 1 aliphatic heterocycles. The van der Waals surface area contributed by atoms with E-state index in [0.29, 0.717) is 30.1 Å². The van der Waals surface area contributed by atoms with Gasteiger partial charge in [0.25, 0.3) is 0 Å². The molecule has 3 aromatic heterocycles. The maximum atomic E-state index is 11.4. The fourth-order valence-corrected chi connectivity index (χ4v) is 2.91. The maximum absolute atomic E-state index is 11.4. The SMILES string of the molecule is Cc1cc(-c2cc3[nH]cnc3c(O[C@H](C)[C@H]3CNC(=O)C3)n2)n[nH]1. The predicted octanol–water partition coefficient (Wildman–Crippen LogP) is 1.56. The summed E-state index contributed by atoms with van der Waals surface area (Å²) in [5.41, 5.74) is 3.93. The third-order valence-electron chi connectivity index (χ3n) is 4.31. The van der Waals surface area contributed by atoms with E-state index in [2.05, 4.69) is 30.5 Å². The second-order valence-electron chi connectivity index (χ2n) is 6.14. The molecule has 2 atom stereocenters. The van der Waals surface area contributed by atoms with Gasteiger partial charge in [0, 0.05) is 24.6 Å². The Bertz CT molecular complexity index is 899. The van der Waals surface area contributed by atoms with Crippen molar-refractivity contribution in [2.75, 3.05) is 6.54 Å². The van der Waals surface area contributed by atoms with Crippen LogP contribution in [-0.4, -0.2) is 43.7 Å². The molecule has 8 nitrogen and oxygen atoms in total. The molecule has 4 heterocycles. The Kier molecular flexibility index (Phi) is 3.44. The fourth-order valence-electron chi connectivity index (χ4n) is 2.91. The Balaban J connectivity index is 1.68. The summed E-state index contributed by atoms with van der Waals surface area (Å²) in [5.74, 6) is 0.648. The van der Waals surface area contributed by atoms with Crippen LogP contribution in [-0.2, 0) is 4.79 Å². The van der Waals surface area contributed by atoms with Gasteiger partial charge in [-0.2, -0.15) is 5.10 Å². The van der Waals surface area contributed by atoms with Crippen LogP contribution < -0.4 is 10.1 Å². The zero-order chi connectivity index (χ0) is 16.7. The number of nitrogens with zero attached hydrogens (tertiary/aromatic N) is 3. The number of hydrogen-bond acceptors (Lipinski definition) is 5. The predicted molar refractivity (Wildman–Crippen MR) is 87.4 cm³/mol. The number of nitrogens with one attached hydrogen (secondary N) is 3. The second kappa shape index (κ2) is 5.63. The van der Waals surface area contributed by atoms with Crippen LogP contribution in [0, 0.1) is 12.8 Å². The molecule has 0 aliphatic carbocycles. The van der Waals surface area contributed by atoms with Crippen molar-refractivity contribution in [1.29, 1.82) is 0 Å². The number of amides is 1. The first-order valence-corrected chi connectivity index (χ1v) is 7.90. The molecule has 3 N–H and O–H groups in total. The van der Waals surface area contributed by atoms with E-state index in [0.717, 1.165) is 16.9 Å². The van der Waals surface area contributed by atoms with Gasteiger partial charge in [-0.15, -0.1) is 0 Å².